The van der Waals surface area contributed by atoms with Crippen LogP contribution in [-0.2, 0) is 14.5 Å². The zero-order chi connectivity index (χ0) is 22.1. The van der Waals surface area contributed by atoms with E-state index in [2.05, 4.69) is 64.8 Å². The third-order valence-electron chi connectivity index (χ3n) is 5.03. The van der Waals surface area contributed by atoms with E-state index >= 15 is 0 Å². The Bertz CT molecular complexity index is 1170. The molecule has 9 heteroatoms. The van der Waals surface area contributed by atoms with Crippen molar-refractivity contribution in [2.75, 3.05) is 20.6 Å². The Balaban J connectivity index is 1.78. The summed E-state index contributed by atoms with van der Waals surface area (Å²) in [4.78, 5) is 7.28. The van der Waals surface area contributed by atoms with Crippen LogP contribution < -0.4 is 4.72 Å². The quantitative estimate of drug-likeness (QED) is 0.378. The highest BCUT2D eigenvalue weighted by atomic mass is 127. The molecule has 30 heavy (non-hydrogen) atoms. The molecule has 0 aliphatic heterocycles. The van der Waals surface area contributed by atoms with Crippen LogP contribution in [0.3, 0.4) is 0 Å². The van der Waals surface area contributed by atoms with E-state index in [1.165, 1.54) is 22.5 Å². The van der Waals surface area contributed by atoms with E-state index in [4.69, 9.17) is 0 Å². The average Bonchev–Trinajstić information content (AvgIpc) is 3.31. The monoisotopic (exact) mass is 558 g/mol. The molecule has 0 unspecified atom stereocenters. The molecule has 0 amide bonds. The highest BCUT2D eigenvalue weighted by molar-refractivity contribution is 14.1. The molecule has 0 saturated carbocycles. The summed E-state index contributed by atoms with van der Waals surface area (Å²) in [7, 11) is 0.394. The van der Waals surface area contributed by atoms with Crippen molar-refractivity contribution >= 4 is 48.9 Å². The van der Waals surface area contributed by atoms with Gasteiger partial charge in [-0.05, 0) is 63.6 Å². The molecular formula is C21H27IN4O2S2. The van der Waals surface area contributed by atoms with Crippen LogP contribution in [0, 0.1) is 0 Å². The standard InChI is InChI=1S/C21H27IN4O2S2/c1-14-12-17(16(3)18(14)8-9-25(4)5)7-6-15(2)24-30(27,28)20-19(13-22)23-21-26(20)10-11-29-21/h6-7,10-11,24H,3,8-9,12-13H2,1-2,4-5H3/b15-6+,17-7-. The van der Waals surface area contributed by atoms with Crippen molar-refractivity contribution in [3.63, 3.8) is 0 Å². The van der Waals surface area contributed by atoms with E-state index in [9.17, 15) is 8.42 Å². The largest absolute Gasteiger partial charge is 0.309 e. The lowest BCUT2D eigenvalue weighted by molar-refractivity contribution is 0.414. The second-order valence-corrected chi connectivity index (χ2v) is 10.9. The molecule has 1 N–H and O–H groups in total. The van der Waals surface area contributed by atoms with Crippen LogP contribution in [0.25, 0.3) is 4.96 Å². The minimum Gasteiger partial charge on any atom is -0.309 e. The molecule has 2 aromatic rings. The van der Waals surface area contributed by atoms with Gasteiger partial charge in [0.2, 0.25) is 0 Å². The molecule has 0 spiro atoms. The molecule has 1 aliphatic carbocycles. The number of hydrogen-bond donors (Lipinski definition) is 1. The van der Waals surface area contributed by atoms with E-state index in [0.717, 1.165) is 30.5 Å². The summed E-state index contributed by atoms with van der Waals surface area (Å²) in [6.07, 6.45) is 7.36. The molecule has 0 radical (unpaired) electrons. The lowest BCUT2D eigenvalue weighted by atomic mass is 10.0. The van der Waals surface area contributed by atoms with Gasteiger partial charge in [0.25, 0.3) is 10.0 Å². The average molecular weight is 559 g/mol. The van der Waals surface area contributed by atoms with Crippen molar-refractivity contribution in [1.29, 1.82) is 0 Å². The number of fused-ring (bicyclic) bond motifs is 1. The summed E-state index contributed by atoms with van der Waals surface area (Å²) in [6, 6.07) is 0. The first kappa shape index (κ1) is 23.2. The molecule has 0 atom stereocenters. The zero-order valence-corrected chi connectivity index (χ0v) is 21.5. The Kier molecular flexibility index (Phi) is 7.26. The van der Waals surface area contributed by atoms with E-state index < -0.39 is 10.0 Å². The lowest BCUT2D eigenvalue weighted by Crippen LogP contribution is -2.24. The third kappa shape index (κ3) is 4.90. The van der Waals surface area contributed by atoms with Crippen LogP contribution in [0.2, 0.25) is 0 Å². The van der Waals surface area contributed by atoms with Crippen molar-refractivity contribution in [2.45, 2.75) is 36.1 Å². The first-order valence-electron chi connectivity index (χ1n) is 9.57. The summed E-state index contributed by atoms with van der Waals surface area (Å²) in [6.45, 7) is 9.15. The van der Waals surface area contributed by atoms with Crippen molar-refractivity contribution < 1.29 is 8.42 Å². The maximum absolute atomic E-state index is 13.0. The molecule has 0 fully saturated rings. The van der Waals surface area contributed by atoms with Crippen LogP contribution in [0.4, 0.5) is 0 Å². The summed E-state index contributed by atoms with van der Waals surface area (Å²) in [5, 5.41) is 2.04. The molecule has 0 saturated heterocycles. The van der Waals surface area contributed by atoms with Gasteiger partial charge in [-0.1, -0.05) is 40.8 Å². The number of hydrogen-bond acceptors (Lipinski definition) is 5. The second-order valence-electron chi connectivity index (χ2n) is 7.67. The molecule has 3 rings (SSSR count). The first-order valence-corrected chi connectivity index (χ1v) is 13.5. The number of nitrogens with one attached hydrogen (secondary N) is 1. The number of rotatable bonds is 8. The molecular weight excluding hydrogens is 531 g/mol. The van der Waals surface area contributed by atoms with Crippen molar-refractivity contribution in [1.82, 2.24) is 19.0 Å². The maximum atomic E-state index is 13.0. The van der Waals surface area contributed by atoms with E-state index in [-0.39, 0.29) is 5.03 Å². The Labute approximate surface area is 196 Å². The van der Waals surface area contributed by atoms with Gasteiger partial charge < -0.3 is 4.90 Å². The summed E-state index contributed by atoms with van der Waals surface area (Å²) >= 11 is 3.56. The van der Waals surface area contributed by atoms with E-state index in [1.54, 1.807) is 17.5 Å². The predicted molar refractivity (Wildman–Crippen MR) is 133 cm³/mol. The van der Waals surface area contributed by atoms with Gasteiger partial charge in [-0.2, -0.15) is 8.42 Å². The maximum Gasteiger partial charge on any atom is 0.279 e. The summed E-state index contributed by atoms with van der Waals surface area (Å²) in [5.74, 6) is 0. The van der Waals surface area contributed by atoms with Gasteiger partial charge in [0.05, 0.1) is 5.69 Å². The van der Waals surface area contributed by atoms with E-state index in [1.807, 2.05) is 17.5 Å². The Hall–Kier alpha value is -1.43. The number of halogens is 1. The fraction of sp³-hybridized carbons (Fsp3) is 0.381. The fourth-order valence-corrected chi connectivity index (χ4v) is 6.52. The Morgan fingerprint density at radius 2 is 2.20 bits per heavy atom. The van der Waals surface area contributed by atoms with Gasteiger partial charge in [-0.3, -0.25) is 9.12 Å². The zero-order valence-electron chi connectivity index (χ0n) is 17.7. The first-order chi connectivity index (χ1) is 14.1. The fourth-order valence-electron chi connectivity index (χ4n) is 3.51. The topological polar surface area (TPSA) is 66.7 Å². The van der Waals surface area contributed by atoms with Gasteiger partial charge >= 0.3 is 0 Å². The second kappa shape index (κ2) is 9.37. The van der Waals surface area contributed by atoms with Crippen LogP contribution in [0.15, 0.2) is 63.3 Å². The minimum absolute atomic E-state index is 0.210. The SMILES string of the molecule is C=C1C(CCN(C)C)=C(C)C/C1=C/C=C(\C)NS(=O)(=O)c1c(CI)nc2sccn12. The van der Waals surface area contributed by atoms with Gasteiger partial charge in [-0.25, -0.2) is 4.98 Å². The van der Waals surface area contributed by atoms with Crippen molar-refractivity contribution in [3.8, 4) is 0 Å². The molecule has 6 nitrogen and oxygen atoms in total. The third-order valence-corrected chi connectivity index (χ3v) is 8.04. The van der Waals surface area contributed by atoms with Gasteiger partial charge in [0, 0.05) is 28.2 Å². The van der Waals surface area contributed by atoms with Gasteiger partial charge in [-0.15, -0.1) is 11.3 Å². The number of imidazole rings is 1. The lowest BCUT2D eigenvalue weighted by Gasteiger charge is -2.12. The van der Waals surface area contributed by atoms with Crippen LogP contribution in [-0.4, -0.2) is 43.3 Å². The number of allylic oxidation sites excluding steroid dienone is 6. The number of nitrogens with zero attached hydrogens (tertiary/aromatic N) is 3. The highest BCUT2D eigenvalue weighted by Crippen LogP contribution is 2.36. The highest BCUT2D eigenvalue weighted by Gasteiger charge is 2.25. The number of sulfonamides is 1. The molecule has 0 bridgehead atoms. The normalized spacial score (nSPS) is 17.2. The number of aromatic nitrogens is 2. The number of thiazole rings is 1. The molecule has 0 aromatic carbocycles. The summed E-state index contributed by atoms with van der Waals surface area (Å²) in [5.41, 5.74) is 5.97. The Morgan fingerprint density at radius 1 is 1.47 bits per heavy atom. The predicted octanol–water partition coefficient (Wildman–Crippen LogP) is 4.67. The summed E-state index contributed by atoms with van der Waals surface area (Å²) < 4.78 is 30.9. The number of alkyl halides is 1. The van der Waals surface area contributed by atoms with Crippen LogP contribution in [0.1, 0.15) is 32.4 Å². The molecule has 162 valence electrons. The minimum atomic E-state index is -3.74. The van der Waals surface area contributed by atoms with Gasteiger partial charge in [0.1, 0.15) is 0 Å². The molecule has 1 aliphatic rings. The van der Waals surface area contributed by atoms with Crippen LogP contribution >= 0.6 is 33.9 Å². The smallest absolute Gasteiger partial charge is 0.279 e. The molecule has 2 heterocycles. The van der Waals surface area contributed by atoms with E-state index in [0.29, 0.717) is 20.8 Å². The van der Waals surface area contributed by atoms with Crippen molar-refractivity contribution in [2.24, 2.45) is 0 Å². The van der Waals surface area contributed by atoms with Gasteiger partial charge in [0.15, 0.2) is 9.99 Å². The molecule has 2 aromatic heterocycles. The van der Waals surface area contributed by atoms with Crippen LogP contribution in [0.5, 0.6) is 0 Å². The van der Waals surface area contributed by atoms with Crippen molar-refractivity contribution in [3.05, 3.63) is 64.0 Å². The Morgan fingerprint density at radius 3 is 2.87 bits per heavy atom.